The van der Waals surface area contributed by atoms with E-state index in [0.717, 1.165) is 49.2 Å². The molecule has 2 aromatic heterocycles. The monoisotopic (exact) mass is 534 g/mol. The molecule has 1 saturated carbocycles. The molecule has 2 N–H and O–H groups in total. The minimum absolute atomic E-state index is 0.353. The number of amides is 1. The number of rotatable bonds is 6. The highest BCUT2D eigenvalue weighted by Crippen LogP contribution is 2.38. The fraction of sp³-hybridized carbons (Fsp3) is 0.500. The van der Waals surface area contributed by atoms with Crippen LogP contribution in [0.3, 0.4) is 0 Å². The molecular formula is C28H34N6O3S. The highest BCUT2D eigenvalue weighted by molar-refractivity contribution is 7.85. The zero-order valence-electron chi connectivity index (χ0n) is 22.2. The van der Waals surface area contributed by atoms with Crippen molar-refractivity contribution >= 4 is 34.2 Å². The Balaban J connectivity index is 1.34. The van der Waals surface area contributed by atoms with Crippen LogP contribution in [0.5, 0.6) is 0 Å². The van der Waals surface area contributed by atoms with Gasteiger partial charge in [0.25, 0.3) is 0 Å². The van der Waals surface area contributed by atoms with E-state index < -0.39 is 22.5 Å². The summed E-state index contributed by atoms with van der Waals surface area (Å²) >= 11 is 0. The predicted molar refractivity (Wildman–Crippen MR) is 148 cm³/mol. The van der Waals surface area contributed by atoms with Gasteiger partial charge in [-0.1, -0.05) is 12.0 Å². The lowest BCUT2D eigenvalue weighted by Crippen LogP contribution is -2.54. The zero-order chi connectivity index (χ0) is 26.9. The minimum Gasteiger partial charge on any atom is -0.444 e. The van der Waals surface area contributed by atoms with Crippen molar-refractivity contribution in [1.29, 1.82) is 0 Å². The summed E-state index contributed by atoms with van der Waals surface area (Å²) in [6.45, 7) is 7.33. The smallest absolute Gasteiger partial charge is 0.407 e. The highest BCUT2D eigenvalue weighted by Gasteiger charge is 2.40. The van der Waals surface area contributed by atoms with Crippen LogP contribution >= 0.6 is 0 Å². The summed E-state index contributed by atoms with van der Waals surface area (Å²) in [6.07, 6.45) is 13.2. The van der Waals surface area contributed by atoms with E-state index in [1.807, 2.05) is 32.9 Å². The van der Waals surface area contributed by atoms with Gasteiger partial charge in [0, 0.05) is 43.6 Å². The molecule has 1 aliphatic carbocycles. The average molecular weight is 535 g/mol. The Labute approximate surface area is 226 Å². The molecule has 4 heterocycles. The first kappa shape index (κ1) is 26.2. The van der Waals surface area contributed by atoms with Gasteiger partial charge in [0.05, 0.1) is 27.7 Å². The van der Waals surface area contributed by atoms with Gasteiger partial charge in [0.2, 0.25) is 5.95 Å². The minimum atomic E-state index is -1.15. The van der Waals surface area contributed by atoms with Gasteiger partial charge < -0.3 is 20.3 Å². The number of nitrogens with zero attached hydrogens (tertiary/aromatic N) is 4. The Hall–Kier alpha value is -3.45. The van der Waals surface area contributed by atoms with Crippen molar-refractivity contribution < 1.29 is 13.7 Å². The first-order chi connectivity index (χ1) is 18.1. The molecule has 1 amide bonds. The number of carbonyl (C=O) groups is 1. The zero-order valence-corrected chi connectivity index (χ0v) is 23.0. The third-order valence-electron chi connectivity index (χ3n) is 7.09. The Bertz CT molecular complexity index is 1320. The largest absolute Gasteiger partial charge is 0.444 e. The Morgan fingerprint density at radius 1 is 1.26 bits per heavy atom. The van der Waals surface area contributed by atoms with Gasteiger partial charge in [-0.05, 0) is 64.2 Å². The molecule has 1 fully saturated rings. The number of nitrogens with one attached hydrogen (secondary N) is 2. The number of hydrogen-bond donors (Lipinski definition) is 2. The second-order valence-electron chi connectivity index (χ2n) is 11.1. The number of carbonyl (C=O) groups excluding carboxylic acids is 1. The van der Waals surface area contributed by atoms with Crippen LogP contribution in [0.15, 0.2) is 29.3 Å². The lowest BCUT2D eigenvalue weighted by Gasteiger charge is -2.43. The summed E-state index contributed by atoms with van der Waals surface area (Å²) in [5, 5.41) is 6.49. The summed E-state index contributed by atoms with van der Waals surface area (Å²) in [7, 11) is -1.15. The number of hydrogen-bond acceptors (Lipinski definition) is 8. The molecule has 0 saturated heterocycles. The van der Waals surface area contributed by atoms with E-state index in [4.69, 9.17) is 21.1 Å². The lowest BCUT2D eigenvalue weighted by atomic mass is 9.76. The summed E-state index contributed by atoms with van der Waals surface area (Å²) < 4.78 is 18.3. The van der Waals surface area contributed by atoms with Crippen molar-refractivity contribution in [2.75, 3.05) is 35.6 Å². The van der Waals surface area contributed by atoms with E-state index in [1.165, 1.54) is 5.57 Å². The van der Waals surface area contributed by atoms with Crippen molar-refractivity contribution in [3.63, 3.8) is 0 Å². The fourth-order valence-corrected chi connectivity index (χ4v) is 6.22. The maximum absolute atomic E-state index is 12.9. The molecule has 200 valence electrons. The van der Waals surface area contributed by atoms with Crippen LogP contribution in [0.25, 0.3) is 5.57 Å². The molecule has 10 heteroatoms. The van der Waals surface area contributed by atoms with E-state index in [0.29, 0.717) is 41.9 Å². The first-order valence-corrected chi connectivity index (χ1v) is 14.4. The van der Waals surface area contributed by atoms with E-state index >= 15 is 0 Å². The van der Waals surface area contributed by atoms with Crippen LogP contribution in [0.2, 0.25) is 0 Å². The van der Waals surface area contributed by atoms with Gasteiger partial charge >= 0.3 is 6.09 Å². The van der Waals surface area contributed by atoms with Gasteiger partial charge in [-0.25, -0.2) is 9.78 Å². The molecule has 2 aromatic rings. The molecule has 3 aliphatic rings. The molecule has 38 heavy (non-hydrogen) atoms. The topological polar surface area (TPSA) is 109 Å². The first-order valence-electron chi connectivity index (χ1n) is 13.1. The summed E-state index contributed by atoms with van der Waals surface area (Å²) in [6, 6.07) is 3.87. The van der Waals surface area contributed by atoms with Crippen LogP contribution in [0, 0.1) is 12.3 Å². The standard InChI is InChI=1S/C28H34N6O3S/c1-5-19-7-8-21(29-17-19)20-9-14-34(15-10-20)25-31-22-11-16-38(36)23(22)24(32-25)33-28(12-6-13-28)18-30-26(35)37-27(2,3)4/h1,7-9,17H,6,10-16,18H2,2-4H3,(H,30,35)(H,31,32,33)/t38-/m1/s1. The van der Waals surface area contributed by atoms with E-state index in [-0.39, 0.29) is 5.54 Å². The van der Waals surface area contributed by atoms with Crippen molar-refractivity contribution in [3.8, 4) is 12.3 Å². The van der Waals surface area contributed by atoms with Crippen LogP contribution in [0.1, 0.15) is 63.4 Å². The van der Waals surface area contributed by atoms with Gasteiger partial charge in [-0.15, -0.1) is 6.42 Å². The second kappa shape index (κ2) is 10.4. The molecule has 0 bridgehead atoms. The van der Waals surface area contributed by atoms with Gasteiger partial charge in [0.15, 0.2) is 0 Å². The molecule has 9 nitrogen and oxygen atoms in total. The van der Waals surface area contributed by atoms with Crippen molar-refractivity contribution in [2.45, 2.75) is 68.9 Å². The maximum atomic E-state index is 12.9. The predicted octanol–water partition coefficient (Wildman–Crippen LogP) is 3.67. The quantitative estimate of drug-likeness (QED) is 0.541. The van der Waals surface area contributed by atoms with Crippen molar-refractivity contribution in [1.82, 2.24) is 20.3 Å². The number of aryl methyl sites for hydroxylation is 1. The molecule has 5 rings (SSSR count). The third-order valence-corrected chi connectivity index (χ3v) is 8.55. The molecule has 1 atom stereocenters. The van der Waals surface area contributed by atoms with Crippen LogP contribution in [-0.4, -0.2) is 61.8 Å². The summed E-state index contributed by atoms with van der Waals surface area (Å²) in [5.74, 6) is 4.40. The van der Waals surface area contributed by atoms with Crippen LogP contribution in [-0.2, 0) is 22.0 Å². The number of pyridine rings is 1. The Morgan fingerprint density at radius 3 is 2.68 bits per heavy atom. The van der Waals surface area contributed by atoms with Crippen molar-refractivity contribution in [2.24, 2.45) is 0 Å². The average Bonchev–Trinajstić information content (AvgIpc) is 3.25. The van der Waals surface area contributed by atoms with Crippen molar-refractivity contribution in [3.05, 3.63) is 41.4 Å². The van der Waals surface area contributed by atoms with Crippen LogP contribution in [0.4, 0.5) is 16.6 Å². The summed E-state index contributed by atoms with van der Waals surface area (Å²) in [4.78, 5) is 29.3. The number of alkyl carbamates (subject to hydrolysis) is 1. The normalized spacial score (nSPS) is 20.0. The third kappa shape index (κ3) is 5.68. The van der Waals surface area contributed by atoms with E-state index in [9.17, 15) is 9.00 Å². The number of fused-ring (bicyclic) bond motifs is 1. The van der Waals surface area contributed by atoms with Gasteiger partial charge in [-0.2, -0.15) is 4.98 Å². The molecular weight excluding hydrogens is 500 g/mol. The summed E-state index contributed by atoms with van der Waals surface area (Å²) in [5.41, 5.74) is 2.79. The fourth-order valence-electron chi connectivity index (χ4n) is 4.92. The van der Waals surface area contributed by atoms with E-state index in [2.05, 4.69) is 32.5 Å². The highest BCUT2D eigenvalue weighted by atomic mass is 32.2. The molecule has 0 spiro atoms. The van der Waals surface area contributed by atoms with Gasteiger partial charge in [0.1, 0.15) is 16.3 Å². The lowest BCUT2D eigenvalue weighted by molar-refractivity contribution is 0.0506. The number of anilines is 2. The SMILES string of the molecule is C#Cc1ccc(C2=CCN(c3nc4c(c(NC5(CNC(=O)OC(C)(C)C)CCC5)n3)[S@](=O)CC4)CC2)nc1. The Kier molecular flexibility index (Phi) is 7.14. The van der Waals surface area contributed by atoms with E-state index in [1.54, 1.807) is 6.20 Å². The number of aromatic nitrogens is 3. The molecule has 0 unspecified atom stereocenters. The van der Waals surface area contributed by atoms with Gasteiger partial charge in [-0.3, -0.25) is 9.19 Å². The van der Waals surface area contributed by atoms with Crippen LogP contribution < -0.4 is 15.5 Å². The molecule has 0 aromatic carbocycles. The maximum Gasteiger partial charge on any atom is 0.407 e. The molecule has 2 aliphatic heterocycles. The second-order valence-corrected chi connectivity index (χ2v) is 12.6. The number of terminal acetylenes is 1. The number of ether oxygens (including phenoxy) is 1. The Morgan fingerprint density at radius 2 is 2.08 bits per heavy atom. The molecule has 0 radical (unpaired) electrons.